The fourth-order valence-corrected chi connectivity index (χ4v) is 3.50. The van der Waals surface area contributed by atoms with Crippen LogP contribution in [0.2, 0.25) is 0 Å². The molecule has 4 rings (SSSR count). The summed E-state index contributed by atoms with van der Waals surface area (Å²) in [6, 6.07) is 2.55. The van der Waals surface area contributed by atoms with Gasteiger partial charge in [0.25, 0.3) is 0 Å². The molecule has 0 spiro atoms. The summed E-state index contributed by atoms with van der Waals surface area (Å²) < 4.78 is 4.54. The van der Waals surface area contributed by atoms with E-state index in [1.807, 2.05) is 12.3 Å². The van der Waals surface area contributed by atoms with Gasteiger partial charge in [0.05, 0.1) is 11.7 Å². The Bertz CT molecular complexity index is 571. The van der Waals surface area contributed by atoms with Gasteiger partial charge in [-0.25, -0.2) is 4.98 Å². The van der Waals surface area contributed by atoms with Crippen molar-refractivity contribution in [1.29, 1.82) is 0 Å². The van der Waals surface area contributed by atoms with Gasteiger partial charge < -0.3 is 4.57 Å². The molecule has 5 nitrogen and oxygen atoms in total. The van der Waals surface area contributed by atoms with Crippen molar-refractivity contribution in [2.24, 2.45) is 0 Å². The maximum absolute atomic E-state index is 4.59. The summed E-state index contributed by atoms with van der Waals surface area (Å²) in [6.45, 7) is 4.44. The van der Waals surface area contributed by atoms with Crippen LogP contribution < -0.4 is 0 Å². The number of hydrogen-bond acceptors (Lipinski definition) is 3. The second-order valence-corrected chi connectivity index (χ2v) is 5.94. The molecule has 0 amide bonds. The molecule has 1 unspecified atom stereocenters. The lowest BCUT2D eigenvalue weighted by atomic mass is 10.1. The molecule has 0 aromatic carbocycles. The molecule has 2 aromatic heterocycles. The molecule has 0 N–H and O–H groups in total. The smallest absolute Gasteiger partial charge is 0.108 e. The van der Waals surface area contributed by atoms with Crippen molar-refractivity contribution < 1.29 is 0 Å². The summed E-state index contributed by atoms with van der Waals surface area (Å²) in [5.74, 6) is 1.29. The van der Waals surface area contributed by atoms with Crippen molar-refractivity contribution in [2.75, 3.05) is 13.1 Å². The Morgan fingerprint density at radius 2 is 2.25 bits per heavy atom. The summed E-state index contributed by atoms with van der Waals surface area (Å²) >= 11 is 0. The Balaban J connectivity index is 1.44. The van der Waals surface area contributed by atoms with E-state index in [0.717, 1.165) is 32.6 Å². The van der Waals surface area contributed by atoms with Gasteiger partial charge in [0.15, 0.2) is 0 Å². The first-order valence-corrected chi connectivity index (χ1v) is 7.65. The first-order chi connectivity index (χ1) is 9.90. The maximum atomic E-state index is 4.59. The average Bonchev–Trinajstić information content (AvgIpc) is 3.19. The summed E-state index contributed by atoms with van der Waals surface area (Å²) in [4.78, 5) is 7.12. The van der Waals surface area contributed by atoms with Crippen molar-refractivity contribution >= 4 is 0 Å². The van der Waals surface area contributed by atoms with Crippen molar-refractivity contribution in [3.05, 3.63) is 36.2 Å². The molecule has 1 atom stereocenters. The van der Waals surface area contributed by atoms with Crippen LogP contribution >= 0.6 is 0 Å². The van der Waals surface area contributed by atoms with Gasteiger partial charge in [0.1, 0.15) is 5.82 Å². The summed E-state index contributed by atoms with van der Waals surface area (Å²) in [6.07, 6.45) is 11.0. The SMILES string of the molecule is c1cnn(C2CCN(Cc3cnc4n3CCCC4)C2)c1. The van der Waals surface area contributed by atoms with Crippen LogP contribution in [0.25, 0.3) is 0 Å². The highest BCUT2D eigenvalue weighted by molar-refractivity contribution is 5.08. The topological polar surface area (TPSA) is 38.9 Å². The Morgan fingerprint density at radius 3 is 3.15 bits per heavy atom. The minimum atomic E-state index is 0.536. The number of hydrogen-bond donors (Lipinski definition) is 0. The number of nitrogens with zero attached hydrogens (tertiary/aromatic N) is 5. The number of aryl methyl sites for hydroxylation is 1. The van der Waals surface area contributed by atoms with E-state index in [0.29, 0.717) is 6.04 Å². The van der Waals surface area contributed by atoms with Crippen molar-refractivity contribution in [3.8, 4) is 0 Å². The zero-order chi connectivity index (χ0) is 13.4. The molecule has 0 saturated carbocycles. The van der Waals surface area contributed by atoms with Gasteiger partial charge in [-0.15, -0.1) is 0 Å². The van der Waals surface area contributed by atoms with E-state index in [2.05, 4.69) is 36.6 Å². The molecule has 0 radical (unpaired) electrons. The fourth-order valence-electron chi connectivity index (χ4n) is 3.50. The van der Waals surface area contributed by atoms with Gasteiger partial charge in [0, 0.05) is 51.2 Å². The van der Waals surface area contributed by atoms with Crippen LogP contribution in [-0.4, -0.2) is 37.3 Å². The lowest BCUT2D eigenvalue weighted by molar-refractivity contribution is 0.300. The van der Waals surface area contributed by atoms with E-state index < -0.39 is 0 Å². The number of aromatic nitrogens is 4. The molecule has 4 heterocycles. The van der Waals surface area contributed by atoms with Gasteiger partial charge in [-0.1, -0.05) is 0 Å². The molecule has 2 aromatic rings. The van der Waals surface area contributed by atoms with Crippen molar-refractivity contribution in [3.63, 3.8) is 0 Å². The van der Waals surface area contributed by atoms with Crippen LogP contribution in [0, 0.1) is 0 Å². The normalized spacial score (nSPS) is 23.1. The fraction of sp³-hybridized carbons (Fsp3) is 0.600. The number of likely N-dealkylation sites (tertiary alicyclic amines) is 1. The van der Waals surface area contributed by atoms with Crippen LogP contribution in [0.1, 0.15) is 36.8 Å². The summed E-state index contributed by atoms with van der Waals surface area (Å²) in [5.41, 5.74) is 1.39. The third kappa shape index (κ3) is 2.16. The maximum Gasteiger partial charge on any atom is 0.108 e. The molecule has 2 aliphatic rings. The molecule has 20 heavy (non-hydrogen) atoms. The monoisotopic (exact) mass is 271 g/mol. The summed E-state index contributed by atoms with van der Waals surface area (Å²) in [7, 11) is 0. The largest absolute Gasteiger partial charge is 0.331 e. The zero-order valence-corrected chi connectivity index (χ0v) is 11.8. The van der Waals surface area contributed by atoms with Gasteiger partial charge in [-0.05, 0) is 25.3 Å². The van der Waals surface area contributed by atoms with Crippen LogP contribution in [0.15, 0.2) is 24.7 Å². The third-order valence-electron chi connectivity index (χ3n) is 4.59. The lowest BCUT2D eigenvalue weighted by Crippen LogP contribution is -2.24. The predicted octanol–water partition coefficient (Wildman–Crippen LogP) is 1.86. The highest BCUT2D eigenvalue weighted by Gasteiger charge is 2.25. The van der Waals surface area contributed by atoms with Crippen molar-refractivity contribution in [2.45, 2.75) is 44.8 Å². The summed E-state index contributed by atoms with van der Waals surface area (Å²) in [5, 5.41) is 4.37. The van der Waals surface area contributed by atoms with E-state index in [9.17, 15) is 0 Å². The lowest BCUT2D eigenvalue weighted by Gasteiger charge is -2.20. The molecule has 2 aliphatic heterocycles. The highest BCUT2D eigenvalue weighted by Crippen LogP contribution is 2.24. The van der Waals surface area contributed by atoms with Gasteiger partial charge in [-0.2, -0.15) is 5.10 Å². The predicted molar refractivity (Wildman–Crippen MR) is 76.3 cm³/mol. The highest BCUT2D eigenvalue weighted by atomic mass is 15.3. The first-order valence-electron chi connectivity index (χ1n) is 7.65. The van der Waals surface area contributed by atoms with E-state index in [1.165, 1.54) is 30.8 Å². The number of fused-ring (bicyclic) bond motifs is 1. The van der Waals surface area contributed by atoms with Gasteiger partial charge in [-0.3, -0.25) is 9.58 Å². The Labute approximate surface area is 119 Å². The second kappa shape index (κ2) is 5.05. The molecule has 5 heteroatoms. The van der Waals surface area contributed by atoms with Crippen LogP contribution in [-0.2, 0) is 19.5 Å². The third-order valence-corrected chi connectivity index (χ3v) is 4.59. The second-order valence-electron chi connectivity index (χ2n) is 5.94. The van der Waals surface area contributed by atoms with Crippen LogP contribution in [0.4, 0.5) is 0 Å². The average molecular weight is 271 g/mol. The molecular formula is C15H21N5. The Morgan fingerprint density at radius 1 is 1.25 bits per heavy atom. The standard InChI is InChI=1S/C15H21N5/c1-2-7-19-14(10-16-15(19)4-1)12-18-9-5-13(11-18)20-8-3-6-17-20/h3,6,8,10,13H,1-2,4-5,7,9,11-12H2. The molecule has 1 fully saturated rings. The molecule has 1 saturated heterocycles. The molecule has 0 aliphatic carbocycles. The van der Waals surface area contributed by atoms with E-state index in [4.69, 9.17) is 0 Å². The molecule has 106 valence electrons. The minimum Gasteiger partial charge on any atom is -0.331 e. The van der Waals surface area contributed by atoms with Crippen molar-refractivity contribution in [1.82, 2.24) is 24.2 Å². The van der Waals surface area contributed by atoms with Crippen LogP contribution in [0.5, 0.6) is 0 Å². The van der Waals surface area contributed by atoms with E-state index >= 15 is 0 Å². The quantitative estimate of drug-likeness (QED) is 0.855. The van der Waals surface area contributed by atoms with Crippen LogP contribution in [0.3, 0.4) is 0 Å². The Hall–Kier alpha value is -1.62. The minimum absolute atomic E-state index is 0.536. The zero-order valence-electron chi connectivity index (χ0n) is 11.8. The van der Waals surface area contributed by atoms with E-state index in [-0.39, 0.29) is 0 Å². The number of imidazole rings is 1. The first kappa shape index (κ1) is 12.1. The Kier molecular flexibility index (Phi) is 3.07. The molecule has 0 bridgehead atoms. The van der Waals surface area contributed by atoms with Gasteiger partial charge in [0.2, 0.25) is 0 Å². The van der Waals surface area contributed by atoms with Gasteiger partial charge >= 0.3 is 0 Å². The molecular weight excluding hydrogens is 250 g/mol. The van der Waals surface area contributed by atoms with E-state index in [1.54, 1.807) is 0 Å². The number of rotatable bonds is 3.